The van der Waals surface area contributed by atoms with Crippen molar-refractivity contribution in [1.29, 1.82) is 0 Å². The highest BCUT2D eigenvalue weighted by molar-refractivity contribution is 7.15. The number of benzene rings is 2. The lowest BCUT2D eigenvalue weighted by Crippen LogP contribution is -2.37. The number of hydrogen-bond donors (Lipinski definition) is 2. The van der Waals surface area contributed by atoms with Crippen LogP contribution in [-0.2, 0) is 0 Å². The molecule has 2 aromatic carbocycles. The monoisotopic (exact) mass is 351 g/mol. The number of fused-ring (bicyclic) bond motifs is 1. The first kappa shape index (κ1) is 15.3. The van der Waals surface area contributed by atoms with Crippen molar-refractivity contribution < 1.29 is 9.72 Å². The molecule has 7 heteroatoms. The first-order valence-corrected chi connectivity index (χ1v) is 8.50. The van der Waals surface area contributed by atoms with Gasteiger partial charge in [0.1, 0.15) is 11.2 Å². The zero-order valence-corrected chi connectivity index (χ0v) is 13.7. The van der Waals surface area contributed by atoms with Gasteiger partial charge in [-0.2, -0.15) is 0 Å². The van der Waals surface area contributed by atoms with Crippen molar-refractivity contribution in [2.24, 2.45) is 0 Å². The van der Waals surface area contributed by atoms with Crippen LogP contribution in [0.4, 0.5) is 10.7 Å². The molecule has 2 N–H and O–H groups in total. The Balaban J connectivity index is 1.69. The molecule has 1 aliphatic rings. The van der Waals surface area contributed by atoms with E-state index in [1.165, 1.54) is 23.5 Å². The van der Waals surface area contributed by atoms with Crippen molar-refractivity contribution in [2.75, 3.05) is 5.32 Å². The van der Waals surface area contributed by atoms with Gasteiger partial charge < -0.3 is 10.6 Å². The minimum atomic E-state index is -0.498. The summed E-state index contributed by atoms with van der Waals surface area (Å²) in [5, 5.41) is 19.8. The summed E-state index contributed by atoms with van der Waals surface area (Å²) in [6, 6.07) is 16.0. The van der Waals surface area contributed by atoms with Crippen LogP contribution in [0.1, 0.15) is 22.1 Å². The molecule has 0 saturated heterocycles. The molecule has 2 heterocycles. The van der Waals surface area contributed by atoms with Gasteiger partial charge in [0.2, 0.25) is 0 Å². The van der Waals surface area contributed by atoms with E-state index in [1.807, 2.05) is 35.7 Å². The van der Waals surface area contributed by atoms with Crippen molar-refractivity contribution >= 4 is 27.9 Å². The maximum absolute atomic E-state index is 12.7. The minimum Gasteiger partial charge on any atom is -0.353 e. The number of carbonyl (C=O) groups is 1. The number of nitro benzene ring substituents is 1. The summed E-state index contributed by atoms with van der Waals surface area (Å²) in [6.07, 6.45) is -0.498. The maximum atomic E-state index is 12.7. The Kier molecular flexibility index (Phi) is 3.70. The van der Waals surface area contributed by atoms with Gasteiger partial charge in [0.15, 0.2) is 0 Å². The Morgan fingerprint density at radius 1 is 1.04 bits per heavy atom. The highest BCUT2D eigenvalue weighted by Crippen LogP contribution is 2.39. The summed E-state index contributed by atoms with van der Waals surface area (Å²) in [7, 11) is 0. The molecular formula is C18H13N3O3S. The lowest BCUT2D eigenvalue weighted by Gasteiger charge is -2.26. The maximum Gasteiger partial charge on any atom is 0.269 e. The molecule has 3 aromatic rings. The number of nitrogens with one attached hydrogen (secondary N) is 2. The standard InChI is InChI=1S/C18H13N3O3S/c22-17-15-14(11-5-2-1-3-6-11)10-25-18(15)20-16(19-17)12-7-4-8-13(9-12)21(23)24/h1-10,16,20H,(H,19,22)/t16-/m0/s1. The molecule has 0 saturated carbocycles. The van der Waals surface area contributed by atoms with Gasteiger partial charge in [-0.25, -0.2) is 0 Å². The summed E-state index contributed by atoms with van der Waals surface area (Å²) >= 11 is 1.45. The van der Waals surface area contributed by atoms with E-state index in [0.717, 1.165) is 16.1 Å². The van der Waals surface area contributed by atoms with Crippen LogP contribution in [0, 0.1) is 10.1 Å². The second kappa shape index (κ2) is 6.03. The average molecular weight is 351 g/mol. The van der Waals surface area contributed by atoms with Crippen LogP contribution in [0.2, 0.25) is 0 Å². The molecular weight excluding hydrogens is 338 g/mol. The van der Waals surface area contributed by atoms with Gasteiger partial charge in [0.05, 0.1) is 10.5 Å². The van der Waals surface area contributed by atoms with Crippen molar-refractivity contribution in [1.82, 2.24) is 5.32 Å². The molecule has 25 heavy (non-hydrogen) atoms. The Morgan fingerprint density at radius 3 is 2.60 bits per heavy atom. The zero-order valence-electron chi connectivity index (χ0n) is 12.9. The largest absolute Gasteiger partial charge is 0.353 e. The van der Waals surface area contributed by atoms with Crippen molar-refractivity contribution in [3.05, 3.63) is 81.2 Å². The van der Waals surface area contributed by atoms with Gasteiger partial charge >= 0.3 is 0 Å². The second-order valence-corrected chi connectivity index (χ2v) is 6.50. The molecule has 0 spiro atoms. The smallest absolute Gasteiger partial charge is 0.269 e. The third-order valence-electron chi connectivity index (χ3n) is 4.07. The molecule has 1 atom stereocenters. The molecule has 4 rings (SSSR count). The fourth-order valence-corrected chi connectivity index (χ4v) is 3.87. The van der Waals surface area contributed by atoms with Crippen LogP contribution < -0.4 is 10.6 Å². The van der Waals surface area contributed by atoms with E-state index in [2.05, 4.69) is 10.6 Å². The van der Waals surface area contributed by atoms with E-state index in [1.54, 1.807) is 12.1 Å². The number of carbonyl (C=O) groups excluding carboxylic acids is 1. The van der Waals surface area contributed by atoms with Gasteiger partial charge in [0, 0.05) is 28.6 Å². The van der Waals surface area contributed by atoms with E-state index in [4.69, 9.17) is 0 Å². The molecule has 0 aliphatic carbocycles. The van der Waals surface area contributed by atoms with Gasteiger partial charge in [-0.15, -0.1) is 11.3 Å². The van der Waals surface area contributed by atoms with E-state index in [0.29, 0.717) is 11.1 Å². The van der Waals surface area contributed by atoms with Crippen LogP contribution in [-0.4, -0.2) is 10.8 Å². The molecule has 0 radical (unpaired) electrons. The van der Waals surface area contributed by atoms with Crippen LogP contribution in [0.25, 0.3) is 11.1 Å². The average Bonchev–Trinajstić information content (AvgIpc) is 3.07. The van der Waals surface area contributed by atoms with Crippen LogP contribution in [0.15, 0.2) is 60.0 Å². The molecule has 124 valence electrons. The van der Waals surface area contributed by atoms with Crippen LogP contribution >= 0.6 is 11.3 Å². The Hall–Kier alpha value is -3.19. The predicted molar refractivity (Wildman–Crippen MR) is 96.7 cm³/mol. The molecule has 0 unspecified atom stereocenters. The Labute approximate surface area is 147 Å². The summed E-state index contributed by atoms with van der Waals surface area (Å²) in [4.78, 5) is 23.2. The summed E-state index contributed by atoms with van der Waals surface area (Å²) in [6.45, 7) is 0. The van der Waals surface area contributed by atoms with E-state index >= 15 is 0 Å². The van der Waals surface area contributed by atoms with Crippen LogP contribution in [0.3, 0.4) is 0 Å². The first-order chi connectivity index (χ1) is 12.1. The van der Waals surface area contributed by atoms with Crippen molar-refractivity contribution in [2.45, 2.75) is 6.17 Å². The van der Waals surface area contributed by atoms with Crippen molar-refractivity contribution in [3.8, 4) is 11.1 Å². The zero-order chi connectivity index (χ0) is 17.4. The highest BCUT2D eigenvalue weighted by Gasteiger charge is 2.29. The number of nitro groups is 1. The molecule has 1 aromatic heterocycles. The summed E-state index contributed by atoms with van der Waals surface area (Å²) < 4.78 is 0. The number of anilines is 1. The van der Waals surface area contributed by atoms with E-state index in [9.17, 15) is 14.9 Å². The quantitative estimate of drug-likeness (QED) is 0.548. The number of non-ortho nitro benzene ring substituents is 1. The fourth-order valence-electron chi connectivity index (χ4n) is 2.87. The van der Waals surface area contributed by atoms with E-state index < -0.39 is 11.1 Å². The number of hydrogen-bond acceptors (Lipinski definition) is 5. The number of rotatable bonds is 3. The number of nitrogens with zero attached hydrogens (tertiary/aromatic N) is 1. The fraction of sp³-hybridized carbons (Fsp3) is 0.0556. The first-order valence-electron chi connectivity index (χ1n) is 7.62. The Morgan fingerprint density at radius 2 is 1.84 bits per heavy atom. The molecule has 6 nitrogen and oxygen atoms in total. The lowest BCUT2D eigenvalue weighted by atomic mass is 10.0. The van der Waals surface area contributed by atoms with Crippen molar-refractivity contribution in [3.63, 3.8) is 0 Å². The molecule has 0 fully saturated rings. The number of thiophene rings is 1. The highest BCUT2D eigenvalue weighted by atomic mass is 32.1. The predicted octanol–water partition coefficient (Wildman–Crippen LogP) is 4.18. The third-order valence-corrected chi connectivity index (χ3v) is 4.98. The van der Waals surface area contributed by atoms with Gasteiger partial charge in [0.25, 0.3) is 11.6 Å². The van der Waals surface area contributed by atoms with Gasteiger partial charge in [-0.3, -0.25) is 14.9 Å². The molecule has 1 aliphatic heterocycles. The Bertz CT molecular complexity index is 969. The molecule has 0 bridgehead atoms. The van der Waals surface area contributed by atoms with E-state index in [-0.39, 0.29) is 11.6 Å². The summed E-state index contributed by atoms with van der Waals surface area (Å²) in [5.74, 6) is -0.189. The summed E-state index contributed by atoms with van der Waals surface area (Å²) in [5.41, 5.74) is 3.10. The third kappa shape index (κ3) is 2.74. The second-order valence-electron chi connectivity index (χ2n) is 5.62. The lowest BCUT2D eigenvalue weighted by molar-refractivity contribution is -0.384. The SMILES string of the molecule is O=C1N[C@H](c2cccc([N+](=O)[O-])c2)Nc2scc(-c3ccccc3)c21. The van der Waals surface area contributed by atoms with Gasteiger partial charge in [-0.1, -0.05) is 42.5 Å². The van der Waals surface area contributed by atoms with Crippen LogP contribution in [0.5, 0.6) is 0 Å². The number of amides is 1. The topological polar surface area (TPSA) is 84.3 Å². The molecule has 1 amide bonds. The normalized spacial score (nSPS) is 15.8. The minimum absolute atomic E-state index is 0.00417. The van der Waals surface area contributed by atoms with Gasteiger partial charge in [-0.05, 0) is 5.56 Å².